The molecule has 0 aliphatic carbocycles. The first-order valence-electron chi connectivity index (χ1n) is 5.38. The van der Waals surface area contributed by atoms with E-state index in [-0.39, 0.29) is 17.9 Å². The van der Waals surface area contributed by atoms with Crippen molar-refractivity contribution >= 4 is 23.2 Å². The van der Waals surface area contributed by atoms with Crippen molar-refractivity contribution in [2.75, 3.05) is 17.7 Å². The van der Waals surface area contributed by atoms with Gasteiger partial charge in [-0.25, -0.2) is 0 Å². The Hall–Kier alpha value is -1.88. The van der Waals surface area contributed by atoms with Crippen molar-refractivity contribution < 1.29 is 9.59 Å². The number of carbonyl (C=O) groups is 2. The lowest BCUT2D eigenvalue weighted by molar-refractivity contribution is -0.117. The number of nitrogens with one attached hydrogen (secondary N) is 3. The predicted molar refractivity (Wildman–Crippen MR) is 67.9 cm³/mol. The smallest absolute Gasteiger partial charge is 0.241 e. The van der Waals surface area contributed by atoms with Crippen LogP contribution in [0.3, 0.4) is 0 Å². The summed E-state index contributed by atoms with van der Waals surface area (Å²) in [6.45, 7) is 3.21. The average Bonchev–Trinajstić information content (AvgIpc) is 2.27. The first kappa shape index (κ1) is 13.2. The van der Waals surface area contributed by atoms with Gasteiger partial charge in [-0.1, -0.05) is 6.07 Å². The minimum Gasteiger partial charge on any atom is -0.326 e. The molecule has 0 radical (unpaired) electrons. The van der Waals surface area contributed by atoms with Gasteiger partial charge in [-0.3, -0.25) is 9.59 Å². The second kappa shape index (κ2) is 6.00. The molecule has 5 nitrogen and oxygen atoms in total. The fraction of sp³-hybridized carbons (Fsp3) is 0.333. The minimum atomic E-state index is -0.264. The van der Waals surface area contributed by atoms with Gasteiger partial charge in [-0.2, -0.15) is 0 Å². The molecule has 0 spiro atoms. The lowest BCUT2D eigenvalue weighted by Gasteiger charge is -2.11. The fourth-order valence-electron chi connectivity index (χ4n) is 1.26. The van der Waals surface area contributed by atoms with Gasteiger partial charge in [0.15, 0.2) is 0 Å². The molecule has 0 bridgehead atoms. The van der Waals surface area contributed by atoms with Gasteiger partial charge in [0, 0.05) is 18.3 Å². The van der Waals surface area contributed by atoms with E-state index < -0.39 is 0 Å². The molecule has 0 saturated heterocycles. The third-order valence-corrected chi connectivity index (χ3v) is 2.28. The predicted octanol–water partition coefficient (Wildman–Crippen LogP) is 1.19. The van der Waals surface area contributed by atoms with Crippen LogP contribution in [0.5, 0.6) is 0 Å². The normalized spacial score (nSPS) is 11.7. The number of amides is 2. The molecule has 1 atom stereocenters. The summed E-state index contributed by atoms with van der Waals surface area (Å²) in [5.74, 6) is -0.260. The summed E-state index contributed by atoms with van der Waals surface area (Å²) in [4.78, 5) is 22.5. The second-order valence-corrected chi connectivity index (χ2v) is 3.76. The van der Waals surface area contributed by atoms with Crippen molar-refractivity contribution in [1.82, 2.24) is 5.32 Å². The number of anilines is 2. The van der Waals surface area contributed by atoms with Crippen LogP contribution < -0.4 is 16.0 Å². The maximum absolute atomic E-state index is 11.6. The van der Waals surface area contributed by atoms with E-state index in [2.05, 4.69) is 16.0 Å². The fourth-order valence-corrected chi connectivity index (χ4v) is 1.26. The van der Waals surface area contributed by atoms with Gasteiger partial charge in [0.25, 0.3) is 0 Å². The number of likely N-dealkylation sites (N-methyl/N-ethyl adjacent to an activating group) is 1. The molecule has 1 rings (SSSR count). The van der Waals surface area contributed by atoms with E-state index in [0.29, 0.717) is 11.4 Å². The molecular formula is C12H17N3O2. The van der Waals surface area contributed by atoms with E-state index in [9.17, 15) is 9.59 Å². The molecule has 0 fully saturated rings. The van der Waals surface area contributed by atoms with Crippen molar-refractivity contribution in [2.24, 2.45) is 0 Å². The molecule has 0 heterocycles. The van der Waals surface area contributed by atoms with E-state index in [0.717, 1.165) is 0 Å². The molecule has 0 saturated carbocycles. The Morgan fingerprint density at radius 2 is 1.76 bits per heavy atom. The Morgan fingerprint density at radius 3 is 2.29 bits per heavy atom. The molecule has 0 aliphatic rings. The average molecular weight is 235 g/mol. The highest BCUT2D eigenvalue weighted by Gasteiger charge is 2.10. The van der Waals surface area contributed by atoms with Crippen LogP contribution in [0.2, 0.25) is 0 Å². The first-order valence-corrected chi connectivity index (χ1v) is 5.38. The zero-order chi connectivity index (χ0) is 12.8. The van der Waals surface area contributed by atoms with Crippen molar-refractivity contribution in [3.8, 4) is 0 Å². The van der Waals surface area contributed by atoms with Gasteiger partial charge in [-0.15, -0.1) is 0 Å². The van der Waals surface area contributed by atoms with Crippen molar-refractivity contribution in [3.05, 3.63) is 24.3 Å². The second-order valence-electron chi connectivity index (χ2n) is 3.76. The quantitative estimate of drug-likeness (QED) is 0.734. The molecule has 2 amide bonds. The number of hydrogen-bond donors (Lipinski definition) is 3. The summed E-state index contributed by atoms with van der Waals surface area (Å²) in [5.41, 5.74) is 1.32. The SMILES string of the molecule is CNC(C)C(=O)Nc1cccc(NC(C)=O)c1. The highest BCUT2D eigenvalue weighted by atomic mass is 16.2. The van der Waals surface area contributed by atoms with Crippen molar-refractivity contribution in [3.63, 3.8) is 0 Å². The van der Waals surface area contributed by atoms with Crippen LogP contribution in [-0.2, 0) is 9.59 Å². The van der Waals surface area contributed by atoms with Crippen molar-refractivity contribution in [1.29, 1.82) is 0 Å². The highest BCUT2D eigenvalue weighted by Crippen LogP contribution is 2.15. The van der Waals surface area contributed by atoms with Gasteiger partial charge in [0.05, 0.1) is 6.04 Å². The zero-order valence-corrected chi connectivity index (χ0v) is 10.2. The minimum absolute atomic E-state index is 0.118. The van der Waals surface area contributed by atoms with Crippen molar-refractivity contribution in [2.45, 2.75) is 19.9 Å². The maximum atomic E-state index is 11.6. The van der Waals surface area contributed by atoms with Crippen LogP contribution in [0.25, 0.3) is 0 Å². The van der Waals surface area contributed by atoms with Crippen LogP contribution >= 0.6 is 0 Å². The van der Waals surface area contributed by atoms with E-state index in [1.54, 1.807) is 38.2 Å². The molecule has 0 aliphatic heterocycles. The van der Waals surface area contributed by atoms with Crippen LogP contribution in [-0.4, -0.2) is 24.9 Å². The maximum Gasteiger partial charge on any atom is 0.241 e. The topological polar surface area (TPSA) is 70.2 Å². The summed E-state index contributed by atoms with van der Waals surface area (Å²) >= 11 is 0. The Bertz CT molecular complexity index is 418. The zero-order valence-electron chi connectivity index (χ0n) is 10.2. The van der Waals surface area contributed by atoms with Crippen LogP contribution in [0.15, 0.2) is 24.3 Å². The molecule has 0 aromatic heterocycles. The van der Waals surface area contributed by atoms with Crippen LogP contribution in [0, 0.1) is 0 Å². The molecule has 92 valence electrons. The van der Waals surface area contributed by atoms with Gasteiger partial charge in [0.1, 0.15) is 0 Å². The largest absolute Gasteiger partial charge is 0.326 e. The summed E-state index contributed by atoms with van der Waals surface area (Å²) in [6.07, 6.45) is 0. The Balaban J connectivity index is 2.72. The number of benzene rings is 1. The van der Waals surface area contributed by atoms with Gasteiger partial charge in [-0.05, 0) is 32.2 Å². The summed E-state index contributed by atoms with van der Waals surface area (Å²) < 4.78 is 0. The van der Waals surface area contributed by atoms with Gasteiger partial charge in [0.2, 0.25) is 11.8 Å². The molecule has 1 aromatic carbocycles. The molecule has 3 N–H and O–H groups in total. The first-order chi connectivity index (χ1) is 8.02. The summed E-state index contributed by atoms with van der Waals surface area (Å²) in [7, 11) is 1.72. The standard InChI is InChI=1S/C12H17N3O2/c1-8(13-3)12(17)15-11-6-4-5-10(7-11)14-9(2)16/h4-8,13H,1-3H3,(H,14,16)(H,15,17). The van der Waals surface area contributed by atoms with E-state index >= 15 is 0 Å². The third-order valence-electron chi connectivity index (χ3n) is 2.28. The third kappa shape index (κ3) is 4.24. The van der Waals surface area contributed by atoms with Crippen LogP contribution in [0.1, 0.15) is 13.8 Å². The van der Waals surface area contributed by atoms with E-state index in [4.69, 9.17) is 0 Å². The Labute approximate surface area is 101 Å². The molecule has 5 heteroatoms. The molecule has 1 aromatic rings. The summed E-state index contributed by atoms with van der Waals surface area (Å²) in [6, 6.07) is 6.75. The molecule has 1 unspecified atom stereocenters. The highest BCUT2D eigenvalue weighted by molar-refractivity contribution is 5.95. The van der Waals surface area contributed by atoms with Gasteiger partial charge >= 0.3 is 0 Å². The lowest BCUT2D eigenvalue weighted by atomic mass is 10.2. The lowest BCUT2D eigenvalue weighted by Crippen LogP contribution is -2.35. The number of hydrogen-bond acceptors (Lipinski definition) is 3. The van der Waals surface area contributed by atoms with Gasteiger partial charge < -0.3 is 16.0 Å². The number of carbonyl (C=O) groups excluding carboxylic acids is 2. The monoisotopic (exact) mass is 235 g/mol. The summed E-state index contributed by atoms with van der Waals surface area (Å²) in [5, 5.41) is 8.26. The van der Waals surface area contributed by atoms with Crippen LogP contribution in [0.4, 0.5) is 11.4 Å². The Morgan fingerprint density at radius 1 is 1.18 bits per heavy atom. The Kier molecular flexibility index (Phi) is 4.66. The van der Waals surface area contributed by atoms with E-state index in [1.165, 1.54) is 6.92 Å². The van der Waals surface area contributed by atoms with E-state index in [1.807, 2.05) is 0 Å². The molecule has 17 heavy (non-hydrogen) atoms. The molecular weight excluding hydrogens is 218 g/mol. The number of rotatable bonds is 4.